The minimum absolute atomic E-state index is 0.105. The first-order valence-electron chi connectivity index (χ1n) is 7.84. The fourth-order valence-electron chi connectivity index (χ4n) is 3.29. The molecule has 1 aliphatic rings. The minimum Gasteiger partial charge on any atom is -0.338 e. The van der Waals surface area contributed by atoms with Crippen LogP contribution in [-0.4, -0.2) is 50.2 Å². The van der Waals surface area contributed by atoms with Crippen molar-refractivity contribution >= 4 is 15.5 Å². The highest BCUT2D eigenvalue weighted by atomic mass is 32.2. The second-order valence-electron chi connectivity index (χ2n) is 6.01. The zero-order valence-electron chi connectivity index (χ0n) is 13.3. The van der Waals surface area contributed by atoms with Crippen LogP contribution in [0.3, 0.4) is 0 Å². The molecular formula is C15H18N6O2S. The largest absolute Gasteiger partial charge is 0.338 e. The number of rotatable bonds is 3. The Morgan fingerprint density at radius 3 is 2.92 bits per heavy atom. The van der Waals surface area contributed by atoms with Crippen molar-refractivity contribution in [1.29, 1.82) is 0 Å². The average molecular weight is 346 g/mol. The van der Waals surface area contributed by atoms with Crippen LogP contribution in [0.15, 0.2) is 41.8 Å². The molecule has 0 N–H and O–H groups in total. The molecule has 0 bridgehead atoms. The number of piperidine rings is 1. The van der Waals surface area contributed by atoms with E-state index >= 15 is 0 Å². The standard InChI is InChI=1S/C15H18N6O2S/c1-19-9-7-16-15(19)12-4-3-8-20(11-12)24(22,23)14-10-18-21-13(14)5-2-6-17-21/h2,5-7,9-10,12H,3-4,8,11H2,1H3. The number of nitrogens with zero attached hydrogens (tertiary/aromatic N) is 6. The molecule has 0 aliphatic carbocycles. The summed E-state index contributed by atoms with van der Waals surface area (Å²) in [6, 6.07) is 3.43. The van der Waals surface area contributed by atoms with Crippen LogP contribution in [0, 0.1) is 0 Å². The fraction of sp³-hybridized carbons (Fsp3) is 0.400. The summed E-state index contributed by atoms with van der Waals surface area (Å²) < 4.78 is 31.0. The first-order valence-corrected chi connectivity index (χ1v) is 9.28. The number of fused-ring (bicyclic) bond motifs is 1. The van der Waals surface area contributed by atoms with E-state index in [1.54, 1.807) is 28.8 Å². The van der Waals surface area contributed by atoms with E-state index in [2.05, 4.69) is 15.2 Å². The fourth-order valence-corrected chi connectivity index (χ4v) is 4.91. The van der Waals surface area contributed by atoms with Gasteiger partial charge in [-0.2, -0.15) is 19.1 Å². The Morgan fingerprint density at radius 1 is 1.25 bits per heavy atom. The van der Waals surface area contributed by atoms with Crippen LogP contribution in [-0.2, 0) is 17.1 Å². The van der Waals surface area contributed by atoms with Crippen LogP contribution in [0.25, 0.3) is 5.52 Å². The van der Waals surface area contributed by atoms with Gasteiger partial charge >= 0.3 is 0 Å². The third kappa shape index (κ3) is 2.40. The summed E-state index contributed by atoms with van der Waals surface area (Å²) in [6.45, 7) is 0.950. The van der Waals surface area contributed by atoms with Gasteiger partial charge in [-0.05, 0) is 25.0 Å². The van der Waals surface area contributed by atoms with E-state index in [4.69, 9.17) is 0 Å². The normalized spacial score (nSPS) is 19.8. The Hall–Kier alpha value is -2.26. The Labute approximate surface area is 139 Å². The second-order valence-corrected chi connectivity index (χ2v) is 7.91. The molecule has 1 fully saturated rings. The summed E-state index contributed by atoms with van der Waals surface area (Å²) in [5.41, 5.74) is 0.497. The summed E-state index contributed by atoms with van der Waals surface area (Å²) in [4.78, 5) is 4.59. The molecule has 9 heteroatoms. The summed E-state index contributed by atoms with van der Waals surface area (Å²) in [5.74, 6) is 1.03. The number of hydrogen-bond donors (Lipinski definition) is 0. The molecule has 0 spiro atoms. The maximum atomic E-state index is 13.1. The van der Waals surface area contributed by atoms with Crippen LogP contribution in [0.5, 0.6) is 0 Å². The Bertz CT molecular complexity index is 977. The van der Waals surface area contributed by atoms with Gasteiger partial charge in [-0.25, -0.2) is 13.4 Å². The van der Waals surface area contributed by atoms with Crippen LogP contribution >= 0.6 is 0 Å². The molecule has 4 rings (SSSR count). The van der Waals surface area contributed by atoms with Gasteiger partial charge in [0.1, 0.15) is 16.2 Å². The van der Waals surface area contributed by atoms with Gasteiger partial charge in [-0.15, -0.1) is 0 Å². The molecule has 0 aromatic carbocycles. The maximum Gasteiger partial charge on any atom is 0.246 e. The molecule has 3 aromatic rings. The molecule has 24 heavy (non-hydrogen) atoms. The molecule has 1 aliphatic heterocycles. The van der Waals surface area contributed by atoms with E-state index in [0.29, 0.717) is 18.6 Å². The number of sulfonamides is 1. The lowest BCUT2D eigenvalue weighted by atomic mass is 9.99. The first kappa shape index (κ1) is 15.3. The van der Waals surface area contributed by atoms with Gasteiger partial charge in [-0.3, -0.25) is 0 Å². The summed E-state index contributed by atoms with van der Waals surface area (Å²) in [7, 11) is -1.67. The zero-order chi connectivity index (χ0) is 16.7. The monoisotopic (exact) mass is 346 g/mol. The topological polar surface area (TPSA) is 85.4 Å². The highest BCUT2D eigenvalue weighted by Gasteiger charge is 2.34. The van der Waals surface area contributed by atoms with Gasteiger partial charge in [0.15, 0.2) is 0 Å². The summed E-state index contributed by atoms with van der Waals surface area (Å²) >= 11 is 0. The Balaban J connectivity index is 1.68. The lowest BCUT2D eigenvalue weighted by Gasteiger charge is -2.31. The summed E-state index contributed by atoms with van der Waals surface area (Å²) in [5, 5.41) is 8.08. The van der Waals surface area contributed by atoms with Crippen molar-refractivity contribution in [2.75, 3.05) is 13.1 Å². The number of imidazole rings is 1. The van der Waals surface area contributed by atoms with E-state index in [1.165, 1.54) is 10.8 Å². The van der Waals surface area contributed by atoms with Crippen molar-refractivity contribution < 1.29 is 8.42 Å². The second kappa shape index (κ2) is 5.67. The van der Waals surface area contributed by atoms with Crippen LogP contribution in [0.2, 0.25) is 0 Å². The van der Waals surface area contributed by atoms with Gasteiger partial charge in [0.05, 0.1) is 6.20 Å². The van der Waals surface area contributed by atoms with Crippen LogP contribution in [0.4, 0.5) is 0 Å². The molecule has 0 saturated carbocycles. The van der Waals surface area contributed by atoms with E-state index in [9.17, 15) is 8.42 Å². The van der Waals surface area contributed by atoms with Gasteiger partial charge in [-0.1, -0.05) is 0 Å². The van der Waals surface area contributed by atoms with Gasteiger partial charge in [0.25, 0.3) is 0 Å². The third-order valence-corrected chi connectivity index (χ3v) is 6.38. The molecule has 3 aromatic heterocycles. The van der Waals surface area contributed by atoms with Crippen molar-refractivity contribution in [2.24, 2.45) is 7.05 Å². The van der Waals surface area contributed by atoms with Crippen molar-refractivity contribution in [3.63, 3.8) is 0 Å². The van der Waals surface area contributed by atoms with Gasteiger partial charge in [0.2, 0.25) is 10.0 Å². The van der Waals surface area contributed by atoms with E-state index in [0.717, 1.165) is 18.7 Å². The lowest BCUT2D eigenvalue weighted by molar-refractivity contribution is 0.306. The molecule has 1 atom stereocenters. The Kier molecular flexibility index (Phi) is 3.61. The molecule has 4 heterocycles. The Morgan fingerprint density at radius 2 is 2.12 bits per heavy atom. The predicted molar refractivity (Wildman–Crippen MR) is 86.9 cm³/mol. The van der Waals surface area contributed by atoms with Crippen LogP contribution in [0.1, 0.15) is 24.6 Å². The van der Waals surface area contributed by atoms with E-state index in [1.807, 2.05) is 17.8 Å². The van der Waals surface area contributed by atoms with E-state index in [-0.39, 0.29) is 10.8 Å². The smallest absolute Gasteiger partial charge is 0.246 e. The van der Waals surface area contributed by atoms with Gasteiger partial charge < -0.3 is 4.57 Å². The molecule has 1 saturated heterocycles. The zero-order valence-corrected chi connectivity index (χ0v) is 14.1. The summed E-state index contributed by atoms with van der Waals surface area (Å²) in [6.07, 6.45) is 8.34. The molecule has 8 nitrogen and oxygen atoms in total. The van der Waals surface area contributed by atoms with Crippen molar-refractivity contribution in [1.82, 2.24) is 28.7 Å². The quantitative estimate of drug-likeness (QED) is 0.707. The molecule has 0 radical (unpaired) electrons. The molecule has 126 valence electrons. The van der Waals surface area contributed by atoms with Crippen molar-refractivity contribution in [2.45, 2.75) is 23.7 Å². The first-order chi connectivity index (χ1) is 11.6. The van der Waals surface area contributed by atoms with Crippen molar-refractivity contribution in [3.05, 3.63) is 42.7 Å². The SMILES string of the molecule is Cn1ccnc1C1CCCN(S(=O)(=O)c2cnn3ncccc23)C1. The number of hydrogen-bond acceptors (Lipinski definition) is 5. The third-order valence-electron chi connectivity index (χ3n) is 4.49. The number of aryl methyl sites for hydroxylation is 1. The number of aromatic nitrogens is 5. The predicted octanol–water partition coefficient (Wildman–Crippen LogP) is 1.03. The average Bonchev–Trinajstić information content (AvgIpc) is 3.21. The van der Waals surface area contributed by atoms with Gasteiger partial charge in [0, 0.05) is 44.6 Å². The van der Waals surface area contributed by atoms with Crippen molar-refractivity contribution in [3.8, 4) is 0 Å². The van der Waals surface area contributed by atoms with Crippen LogP contribution < -0.4 is 0 Å². The lowest BCUT2D eigenvalue weighted by Crippen LogP contribution is -2.39. The molecular weight excluding hydrogens is 328 g/mol. The maximum absolute atomic E-state index is 13.1. The highest BCUT2D eigenvalue weighted by Crippen LogP contribution is 2.30. The van der Waals surface area contributed by atoms with E-state index < -0.39 is 10.0 Å². The molecule has 0 amide bonds. The minimum atomic E-state index is -3.61. The highest BCUT2D eigenvalue weighted by molar-refractivity contribution is 7.89. The molecule has 1 unspecified atom stereocenters.